The Hall–Kier alpha value is -1.71. The molecule has 0 aliphatic heterocycles. The molecule has 0 bridgehead atoms. The predicted molar refractivity (Wildman–Crippen MR) is 201 cm³/mol. The molecule has 0 amide bonds. The van der Waals surface area contributed by atoms with E-state index in [2.05, 4.69) is 131 Å². The molecule has 0 spiro atoms. The second-order valence-corrected chi connectivity index (χ2v) is 23.6. The van der Waals surface area contributed by atoms with E-state index in [0.717, 1.165) is 19.3 Å². The van der Waals surface area contributed by atoms with Gasteiger partial charge in [-0.05, 0) is 55.2 Å². The Morgan fingerprint density at radius 3 is 1.27 bits per heavy atom. The summed E-state index contributed by atoms with van der Waals surface area (Å²) >= 11 is -1.92. The predicted octanol–water partition coefficient (Wildman–Crippen LogP) is 10.3. The monoisotopic (exact) mass is 708 g/mol. The fourth-order valence-corrected chi connectivity index (χ4v) is 11.9. The molecule has 0 aliphatic rings. The fourth-order valence-electron chi connectivity index (χ4n) is 6.71. The van der Waals surface area contributed by atoms with Gasteiger partial charge in [0.05, 0.1) is 0 Å². The number of hydrogen-bond acceptors (Lipinski definition) is 0. The van der Waals surface area contributed by atoms with Gasteiger partial charge in [0.15, 0.2) is 0 Å². The molecule has 0 fully saturated rings. The van der Waals surface area contributed by atoms with Crippen LogP contribution in [0.3, 0.4) is 0 Å². The molecule has 236 valence electrons. The van der Waals surface area contributed by atoms with E-state index >= 15 is 0 Å². The van der Waals surface area contributed by atoms with Crippen LogP contribution in [0.25, 0.3) is 10.8 Å². The summed E-state index contributed by atoms with van der Waals surface area (Å²) in [5.41, 5.74) is 5.77. The first-order chi connectivity index (χ1) is 21.8. The average Bonchev–Trinajstić information content (AvgIpc) is 3.39. The maximum atomic E-state index is 4.97. The van der Waals surface area contributed by atoms with Crippen LogP contribution in [0.5, 0.6) is 0 Å². The van der Waals surface area contributed by atoms with E-state index in [0.29, 0.717) is 0 Å². The Morgan fingerprint density at radius 1 is 0.556 bits per heavy atom. The van der Waals surface area contributed by atoms with Crippen LogP contribution in [0, 0.1) is 6.92 Å². The van der Waals surface area contributed by atoms with Gasteiger partial charge in [-0.15, -0.1) is 39.7 Å². The zero-order valence-corrected chi connectivity index (χ0v) is 32.1. The number of unbranched alkanes of at least 4 members (excludes halogenated alkanes) is 3. The minimum atomic E-state index is -2.62. The van der Waals surface area contributed by atoms with E-state index in [-0.39, 0.29) is 0 Å². The van der Waals surface area contributed by atoms with Crippen LogP contribution in [0.1, 0.15) is 81.5 Å². The van der Waals surface area contributed by atoms with E-state index < -0.39 is 22.8 Å². The number of hydrogen-bond donors (Lipinski definition) is 0. The first-order valence-corrected chi connectivity index (χ1v) is 25.1. The van der Waals surface area contributed by atoms with Crippen molar-refractivity contribution in [2.75, 3.05) is 0 Å². The molecule has 0 atom stereocenters. The van der Waals surface area contributed by atoms with Crippen molar-refractivity contribution in [3.05, 3.63) is 125 Å². The van der Waals surface area contributed by atoms with E-state index in [9.17, 15) is 0 Å². The van der Waals surface area contributed by atoms with Crippen LogP contribution in [0.2, 0.25) is 0 Å². The minimum absolute atomic E-state index is 1.15. The van der Waals surface area contributed by atoms with Crippen LogP contribution in [-0.4, -0.2) is 8.07 Å². The van der Waals surface area contributed by atoms with Gasteiger partial charge in [0.25, 0.3) is 0 Å². The van der Waals surface area contributed by atoms with Gasteiger partial charge >= 0.3 is 42.6 Å². The zero-order valence-electron chi connectivity index (χ0n) is 27.3. The molecule has 0 aliphatic carbocycles. The van der Waals surface area contributed by atoms with Gasteiger partial charge in [0.2, 0.25) is 0 Å². The second-order valence-electron chi connectivity index (χ2n) is 12.2. The second kappa shape index (κ2) is 18.0. The van der Waals surface area contributed by atoms with Crippen LogP contribution in [0.15, 0.2) is 103 Å². The summed E-state index contributed by atoms with van der Waals surface area (Å²) in [6.45, 7) is 9.19. The molecule has 0 saturated carbocycles. The van der Waals surface area contributed by atoms with Crippen molar-refractivity contribution >= 4 is 67.5 Å². The molecule has 0 nitrogen and oxygen atoms in total. The standard InChI is InChI=1S/C40H47Si.3ClH.Ti/c1-5-8-13-32-18-24-36(25-19-32)41(37-26-20-33(21-27-37)14-9-6-2,38-28-22-34(23-29-38)15-10-7-3)40-31(4)30-35-16-11-12-17-39(35)40;;;;/h11-12,16-30H,5-10,13-15H2,1-4H3;3*1H;/q-1;;;;+4/p-3. The third-order valence-corrected chi connectivity index (χ3v) is 14.0. The van der Waals surface area contributed by atoms with Crippen molar-refractivity contribution in [2.24, 2.45) is 0 Å². The number of benzene rings is 4. The van der Waals surface area contributed by atoms with Crippen molar-refractivity contribution in [1.29, 1.82) is 0 Å². The molecule has 0 N–H and O–H groups in total. The summed E-state index contributed by atoms with van der Waals surface area (Å²) in [4.78, 5) is 0. The molecule has 5 aromatic rings. The fraction of sp³-hybridized carbons (Fsp3) is 0.325. The molecule has 0 aromatic heterocycles. The summed E-state index contributed by atoms with van der Waals surface area (Å²) in [6.07, 6.45) is 10.9. The average molecular weight is 710 g/mol. The Bertz CT molecular complexity index is 1460. The quantitative estimate of drug-likeness (QED) is 0.0649. The number of aryl methyl sites for hydroxylation is 4. The Balaban J connectivity index is 0.00000109. The van der Waals surface area contributed by atoms with Gasteiger partial charge < -0.3 is 0 Å². The van der Waals surface area contributed by atoms with Gasteiger partial charge in [-0.2, -0.15) is 6.07 Å². The summed E-state index contributed by atoms with van der Waals surface area (Å²) in [5.74, 6) is 0. The summed E-state index contributed by atoms with van der Waals surface area (Å²) in [5, 5.41) is 8.78. The van der Waals surface area contributed by atoms with Gasteiger partial charge in [-0.25, -0.2) is 0 Å². The Labute approximate surface area is 291 Å². The van der Waals surface area contributed by atoms with Crippen molar-refractivity contribution in [1.82, 2.24) is 0 Å². The molecular weight excluding hydrogens is 663 g/mol. The number of rotatable bonds is 13. The Morgan fingerprint density at radius 2 is 0.911 bits per heavy atom. The normalized spacial score (nSPS) is 11.4. The van der Waals surface area contributed by atoms with Gasteiger partial charge in [-0.3, -0.25) is 0 Å². The molecule has 5 aromatic carbocycles. The van der Waals surface area contributed by atoms with Crippen molar-refractivity contribution in [3.8, 4) is 0 Å². The molecular formula is C40H47Cl3SiTi. The van der Waals surface area contributed by atoms with Crippen LogP contribution in [-0.2, 0) is 34.0 Å². The molecule has 5 heteroatoms. The van der Waals surface area contributed by atoms with Crippen LogP contribution < -0.4 is 20.7 Å². The van der Waals surface area contributed by atoms with Crippen molar-refractivity contribution in [3.63, 3.8) is 0 Å². The number of fused-ring (bicyclic) bond motifs is 1. The van der Waals surface area contributed by atoms with Gasteiger partial charge in [0.1, 0.15) is 8.07 Å². The zero-order chi connectivity index (χ0) is 32.2. The Kier molecular flexibility index (Phi) is 14.5. The molecule has 0 unspecified atom stereocenters. The van der Waals surface area contributed by atoms with Crippen molar-refractivity contribution < 1.29 is 14.7 Å². The molecule has 0 saturated heterocycles. The van der Waals surface area contributed by atoms with E-state index in [1.54, 1.807) is 5.19 Å². The summed E-state index contributed by atoms with van der Waals surface area (Å²) in [7, 11) is 12.3. The van der Waals surface area contributed by atoms with Gasteiger partial charge in [-0.1, -0.05) is 141 Å². The van der Waals surface area contributed by atoms with Crippen molar-refractivity contribution in [2.45, 2.75) is 85.5 Å². The van der Waals surface area contributed by atoms with Gasteiger partial charge in [0, 0.05) is 0 Å². The third kappa shape index (κ3) is 9.01. The van der Waals surface area contributed by atoms with E-state index in [1.165, 1.54) is 87.1 Å². The molecule has 5 rings (SSSR count). The van der Waals surface area contributed by atoms with E-state index in [1.807, 2.05) is 0 Å². The summed E-state index contributed by atoms with van der Waals surface area (Å²) < 4.78 is 0. The molecule has 0 radical (unpaired) electrons. The first-order valence-electron chi connectivity index (χ1n) is 16.6. The first kappa shape index (κ1) is 36.1. The molecule has 45 heavy (non-hydrogen) atoms. The molecule has 0 heterocycles. The maximum absolute atomic E-state index is 4.97. The topological polar surface area (TPSA) is 0 Å². The van der Waals surface area contributed by atoms with E-state index in [4.69, 9.17) is 27.9 Å². The third-order valence-electron chi connectivity index (χ3n) is 8.99. The van der Waals surface area contributed by atoms with Crippen LogP contribution >= 0.6 is 27.9 Å². The summed E-state index contributed by atoms with van der Waals surface area (Å²) in [6, 6.07) is 40.9. The SMILES string of the molecule is CCCCc1ccc([Si](c2ccc(CCCC)cc2)(c2ccc(CCCC)cc2)[c-]2c(C)cc3ccccc32)cc1.[Cl][Ti+]([Cl])[Cl]. The number of halogens is 3. The van der Waals surface area contributed by atoms with Crippen LogP contribution in [0.4, 0.5) is 0 Å².